The van der Waals surface area contributed by atoms with Gasteiger partial charge in [-0.2, -0.15) is 0 Å². The molecule has 5 amide bonds. The topological polar surface area (TPSA) is 174 Å². The van der Waals surface area contributed by atoms with E-state index in [1.165, 1.54) is 82.5 Å². The lowest BCUT2D eigenvalue weighted by molar-refractivity contribution is -0.150. The number of amides is 5. The number of ketones is 1. The molecule has 3 fully saturated rings. The Hall–Kier alpha value is -3.91. The van der Waals surface area contributed by atoms with Gasteiger partial charge in [-0.15, -0.1) is 0 Å². The number of aromatic amines is 1. The molecule has 2 heterocycles. The zero-order chi connectivity index (χ0) is 42.6. The van der Waals surface area contributed by atoms with Crippen molar-refractivity contribution < 1.29 is 37.5 Å². The third kappa shape index (κ3) is 21.1. The van der Waals surface area contributed by atoms with Gasteiger partial charge in [0.05, 0.1) is 19.1 Å². The van der Waals surface area contributed by atoms with Gasteiger partial charge < -0.3 is 30.7 Å². The molecule has 0 radical (unpaired) electrons. The summed E-state index contributed by atoms with van der Waals surface area (Å²) >= 11 is 0. The van der Waals surface area contributed by atoms with Gasteiger partial charge in [-0.3, -0.25) is 28.8 Å². The molecule has 13 nitrogen and oxygen atoms in total. The number of aromatic nitrogens is 2. The molecule has 55 heavy (non-hydrogen) atoms. The van der Waals surface area contributed by atoms with Gasteiger partial charge in [0, 0.05) is 25.0 Å². The molecule has 15 heteroatoms. The number of halogens is 2. The number of Topliss-reactive ketones (excluding diaryl/α,β-unsaturated/α-hetero) is 1. The van der Waals surface area contributed by atoms with Crippen LogP contribution in [0.2, 0.25) is 0 Å². The second kappa shape index (κ2) is 30.3. The van der Waals surface area contributed by atoms with Crippen LogP contribution in [0, 0.1) is 5.41 Å². The van der Waals surface area contributed by atoms with Gasteiger partial charge >= 0.3 is 0 Å². The largest absolute Gasteiger partial charge is 0.356 e. The molecule has 2 saturated carbocycles. The van der Waals surface area contributed by atoms with E-state index in [0.717, 1.165) is 11.3 Å². The molecule has 3 aliphatic rings. The minimum Gasteiger partial charge on any atom is -0.356 e. The van der Waals surface area contributed by atoms with E-state index in [4.69, 9.17) is 0 Å². The summed E-state index contributed by atoms with van der Waals surface area (Å²) < 4.78 is 26.8. The number of hydrogen-bond donors (Lipinski definition) is 4. The molecule has 0 bridgehead atoms. The molecule has 4 atom stereocenters. The first-order valence-electron chi connectivity index (χ1n) is 20.3. The molecule has 1 aliphatic heterocycles. The summed E-state index contributed by atoms with van der Waals surface area (Å²) in [7, 11) is 0. The Kier molecular flexibility index (Phi) is 29.3. The summed E-state index contributed by atoms with van der Waals surface area (Å²) in [6.45, 7) is 17.8. The van der Waals surface area contributed by atoms with Crippen LogP contribution in [-0.2, 0) is 24.0 Å². The van der Waals surface area contributed by atoms with Crippen LogP contribution < -0.4 is 16.0 Å². The number of carbonyl (C=O) groups is 6. The zero-order valence-electron chi connectivity index (χ0n) is 35.6. The van der Waals surface area contributed by atoms with Gasteiger partial charge in [0.1, 0.15) is 24.9 Å². The normalized spacial score (nSPS) is 17.3. The van der Waals surface area contributed by atoms with E-state index >= 15 is 0 Å². The minimum absolute atomic E-state index is 0.0299. The second-order valence-corrected chi connectivity index (χ2v) is 13.9. The van der Waals surface area contributed by atoms with Gasteiger partial charge in [-0.1, -0.05) is 101 Å². The van der Waals surface area contributed by atoms with Crippen LogP contribution in [0.5, 0.6) is 0 Å². The summed E-state index contributed by atoms with van der Waals surface area (Å²) in [5.41, 5.74) is -0.765. The molecule has 1 aromatic heterocycles. The fourth-order valence-electron chi connectivity index (χ4n) is 5.47. The average Bonchev–Trinajstić information content (AvgIpc) is 3.61. The summed E-state index contributed by atoms with van der Waals surface area (Å²) in [5, 5.41) is 7.69. The predicted molar refractivity (Wildman–Crippen MR) is 214 cm³/mol. The van der Waals surface area contributed by atoms with Crippen molar-refractivity contribution in [3.8, 4) is 0 Å². The maximum absolute atomic E-state index is 13.9. The molecule has 4 rings (SSSR count). The van der Waals surface area contributed by atoms with E-state index < -0.39 is 78.9 Å². The minimum atomic E-state index is -1.96. The van der Waals surface area contributed by atoms with Crippen molar-refractivity contribution in [3.63, 3.8) is 0 Å². The van der Waals surface area contributed by atoms with Gasteiger partial charge in [0.25, 0.3) is 5.91 Å². The van der Waals surface area contributed by atoms with Crippen LogP contribution in [0.15, 0.2) is 12.4 Å². The van der Waals surface area contributed by atoms with Crippen LogP contribution in [0.25, 0.3) is 0 Å². The van der Waals surface area contributed by atoms with E-state index in [-0.39, 0.29) is 18.8 Å². The van der Waals surface area contributed by atoms with Gasteiger partial charge in [-0.05, 0) is 44.9 Å². The van der Waals surface area contributed by atoms with Crippen LogP contribution in [0.3, 0.4) is 0 Å². The molecule has 1 aromatic rings. The maximum atomic E-state index is 13.9. The van der Waals surface area contributed by atoms with Crippen molar-refractivity contribution in [2.45, 2.75) is 171 Å². The van der Waals surface area contributed by atoms with Crippen molar-refractivity contribution in [1.29, 1.82) is 0 Å². The molecule has 4 N–H and O–H groups in total. The standard InChI is InChI=1S/C24H36F2N6O5.C6H12.C4H7NO.3C2H6/c1-14(15(2)33)32(13-16(26)11-25)22(36)17-7-6-10-31(17)23(37)19(24(3,4)5)30-18(34)12-29-21(35)20-27-8-9-28-20;1-2-4-6-5-3-1;6-3-5-4-1-2-4;3*1-2/h8-9,14,16-17,19H,6-7,10-13H2,1-5H3,(H,27,28)(H,29,35)(H,30,34);1-6H2;3-4H,1-2H2,(H,5,6);3*1-2H3/t14-,16?,17?,19?;;;;;/m0...../s1. The number of rotatable bonds is 13. The summed E-state index contributed by atoms with van der Waals surface area (Å²) in [6.07, 6.45) is 13.8. The van der Waals surface area contributed by atoms with Gasteiger partial charge in [-0.25, -0.2) is 13.8 Å². The van der Waals surface area contributed by atoms with Crippen molar-refractivity contribution in [3.05, 3.63) is 18.2 Å². The lowest BCUT2D eigenvalue weighted by atomic mass is 9.85. The lowest BCUT2D eigenvalue weighted by Gasteiger charge is -2.37. The Balaban J connectivity index is 0. The molecular formula is C40H73F2N7O6. The first-order chi connectivity index (χ1) is 26.2. The molecule has 318 valence electrons. The average molecular weight is 786 g/mol. The van der Waals surface area contributed by atoms with E-state index in [0.29, 0.717) is 12.5 Å². The van der Waals surface area contributed by atoms with E-state index in [9.17, 15) is 37.5 Å². The molecule has 3 unspecified atom stereocenters. The third-order valence-electron chi connectivity index (χ3n) is 8.64. The van der Waals surface area contributed by atoms with Crippen LogP contribution in [0.4, 0.5) is 8.78 Å². The zero-order valence-corrected chi connectivity index (χ0v) is 35.6. The van der Waals surface area contributed by atoms with Crippen molar-refractivity contribution in [2.75, 3.05) is 26.3 Å². The van der Waals surface area contributed by atoms with E-state index in [1.807, 2.05) is 41.5 Å². The SMILES string of the molecule is C1CCCCC1.CC.CC.CC.CC(=O)[C@H](C)N(CC(F)CF)C(=O)C1CCCN1C(=O)C(NC(=O)CNC(=O)c1ncc[nH]1)C(C)(C)C.O=CNC1CC1. The first-order valence-corrected chi connectivity index (χ1v) is 20.3. The highest BCUT2D eigenvalue weighted by atomic mass is 19.2. The maximum Gasteiger partial charge on any atom is 0.287 e. The second-order valence-electron chi connectivity index (χ2n) is 13.9. The number of carbonyl (C=O) groups excluding carboxylic acids is 6. The van der Waals surface area contributed by atoms with Gasteiger partial charge in [0.15, 0.2) is 11.6 Å². The molecule has 1 saturated heterocycles. The number of H-pyrrole nitrogens is 1. The Morgan fingerprint density at radius 1 is 0.964 bits per heavy atom. The smallest absolute Gasteiger partial charge is 0.287 e. The van der Waals surface area contributed by atoms with E-state index in [2.05, 4.69) is 25.9 Å². The summed E-state index contributed by atoms with van der Waals surface area (Å²) in [5.74, 6) is -2.75. The quantitative estimate of drug-likeness (QED) is 0.175. The van der Waals surface area contributed by atoms with Crippen LogP contribution in [-0.4, -0.2) is 112 Å². The third-order valence-corrected chi connectivity index (χ3v) is 8.64. The number of likely N-dealkylation sites (tertiary alicyclic amines) is 1. The lowest BCUT2D eigenvalue weighted by Crippen LogP contribution is -2.60. The van der Waals surface area contributed by atoms with Gasteiger partial charge in [0.2, 0.25) is 24.1 Å². The van der Waals surface area contributed by atoms with Crippen molar-refractivity contribution in [1.82, 2.24) is 35.7 Å². The van der Waals surface area contributed by atoms with Crippen LogP contribution in [0.1, 0.15) is 151 Å². The number of imidazole rings is 1. The number of nitrogens with zero attached hydrogens (tertiary/aromatic N) is 3. The highest BCUT2D eigenvalue weighted by molar-refractivity contribution is 5.96. The highest BCUT2D eigenvalue weighted by Gasteiger charge is 2.44. The van der Waals surface area contributed by atoms with Crippen LogP contribution >= 0.6 is 0 Å². The summed E-state index contributed by atoms with van der Waals surface area (Å²) in [4.78, 5) is 81.9. The molecule has 0 spiro atoms. The monoisotopic (exact) mass is 786 g/mol. The first kappa shape index (κ1) is 53.2. The fourth-order valence-corrected chi connectivity index (χ4v) is 5.47. The molecule has 2 aliphatic carbocycles. The highest BCUT2D eigenvalue weighted by Crippen LogP contribution is 2.27. The number of alkyl halides is 2. The predicted octanol–water partition coefficient (Wildman–Crippen LogP) is 6.09. The number of nitrogens with one attached hydrogen (secondary N) is 4. The Morgan fingerprint density at radius 2 is 1.51 bits per heavy atom. The Bertz CT molecular complexity index is 1210. The Labute approximate surface area is 329 Å². The van der Waals surface area contributed by atoms with Crippen molar-refractivity contribution >= 4 is 35.8 Å². The molecule has 0 aromatic carbocycles. The molecular weight excluding hydrogens is 712 g/mol. The fraction of sp³-hybridized carbons (Fsp3) is 0.775. The summed E-state index contributed by atoms with van der Waals surface area (Å²) in [6, 6.07) is -2.50. The Morgan fingerprint density at radius 3 is 1.91 bits per heavy atom. The van der Waals surface area contributed by atoms with Crippen molar-refractivity contribution in [2.24, 2.45) is 5.41 Å². The number of hydrogen-bond acceptors (Lipinski definition) is 7. The van der Waals surface area contributed by atoms with E-state index in [1.54, 1.807) is 20.8 Å².